The molecule has 6 heteroatoms. The van der Waals surface area contributed by atoms with Crippen molar-refractivity contribution in [3.63, 3.8) is 0 Å². The number of rotatable bonds is 10. The van der Waals surface area contributed by atoms with E-state index in [-0.39, 0.29) is 0 Å². The minimum atomic E-state index is -0.426. The van der Waals surface area contributed by atoms with Crippen molar-refractivity contribution < 1.29 is 14.2 Å². The fourth-order valence-corrected chi connectivity index (χ4v) is 1.46. The van der Waals surface area contributed by atoms with Crippen LogP contribution >= 0.6 is 0 Å². The van der Waals surface area contributed by atoms with Crippen LogP contribution in [-0.2, 0) is 20.8 Å². The minimum Gasteiger partial charge on any atom is -0.380 e. The SMILES string of the molecule is CCCOCCn1cc(C(OCC)OCC)nn1. The van der Waals surface area contributed by atoms with Crippen LogP contribution in [0.25, 0.3) is 0 Å². The van der Waals surface area contributed by atoms with Gasteiger partial charge in [0.2, 0.25) is 6.29 Å². The van der Waals surface area contributed by atoms with Crippen molar-refractivity contribution in [2.24, 2.45) is 0 Å². The van der Waals surface area contributed by atoms with E-state index >= 15 is 0 Å². The number of hydrogen-bond donors (Lipinski definition) is 0. The van der Waals surface area contributed by atoms with Crippen molar-refractivity contribution >= 4 is 0 Å². The fourth-order valence-electron chi connectivity index (χ4n) is 1.46. The average Bonchev–Trinajstić information content (AvgIpc) is 2.83. The second kappa shape index (κ2) is 9.02. The Morgan fingerprint density at radius 2 is 1.89 bits per heavy atom. The quantitative estimate of drug-likeness (QED) is 0.472. The van der Waals surface area contributed by atoms with E-state index in [0.29, 0.717) is 32.1 Å². The average molecular weight is 257 g/mol. The van der Waals surface area contributed by atoms with Gasteiger partial charge in [0.1, 0.15) is 5.69 Å². The zero-order valence-corrected chi connectivity index (χ0v) is 11.5. The molecule has 1 aromatic rings. The maximum Gasteiger partial charge on any atom is 0.204 e. The van der Waals surface area contributed by atoms with Crippen LogP contribution in [0.4, 0.5) is 0 Å². The maximum atomic E-state index is 5.46. The van der Waals surface area contributed by atoms with E-state index in [9.17, 15) is 0 Å². The smallest absolute Gasteiger partial charge is 0.204 e. The third-order valence-electron chi connectivity index (χ3n) is 2.25. The zero-order valence-electron chi connectivity index (χ0n) is 11.5. The Balaban J connectivity index is 2.44. The summed E-state index contributed by atoms with van der Waals surface area (Å²) in [6, 6.07) is 0. The summed E-state index contributed by atoms with van der Waals surface area (Å²) < 4.78 is 18.1. The van der Waals surface area contributed by atoms with Gasteiger partial charge in [-0.2, -0.15) is 0 Å². The van der Waals surface area contributed by atoms with Crippen LogP contribution in [0.1, 0.15) is 39.2 Å². The van der Waals surface area contributed by atoms with Crippen LogP contribution in [0.2, 0.25) is 0 Å². The summed E-state index contributed by atoms with van der Waals surface area (Å²) in [6.45, 7) is 9.21. The third kappa shape index (κ3) is 5.12. The lowest BCUT2D eigenvalue weighted by Crippen LogP contribution is -2.09. The lowest BCUT2D eigenvalue weighted by Gasteiger charge is -2.13. The van der Waals surface area contributed by atoms with Crippen LogP contribution in [0.15, 0.2) is 6.20 Å². The predicted octanol–water partition coefficient (Wildman–Crippen LogP) is 1.78. The second-order valence-electron chi connectivity index (χ2n) is 3.76. The van der Waals surface area contributed by atoms with Gasteiger partial charge in [0.15, 0.2) is 0 Å². The molecule has 1 aromatic heterocycles. The molecule has 0 radical (unpaired) electrons. The molecule has 0 aromatic carbocycles. The maximum absolute atomic E-state index is 5.46. The van der Waals surface area contributed by atoms with E-state index < -0.39 is 6.29 Å². The molecule has 1 heterocycles. The van der Waals surface area contributed by atoms with Crippen LogP contribution in [0, 0.1) is 0 Å². The van der Waals surface area contributed by atoms with Crippen molar-refractivity contribution in [3.05, 3.63) is 11.9 Å². The van der Waals surface area contributed by atoms with Gasteiger partial charge in [-0.15, -0.1) is 5.10 Å². The van der Waals surface area contributed by atoms with Crippen molar-refractivity contribution in [2.45, 2.75) is 40.0 Å². The molecule has 0 atom stereocenters. The van der Waals surface area contributed by atoms with Gasteiger partial charge >= 0.3 is 0 Å². The summed E-state index contributed by atoms with van der Waals surface area (Å²) in [5.74, 6) is 0. The highest BCUT2D eigenvalue weighted by Crippen LogP contribution is 2.15. The van der Waals surface area contributed by atoms with Gasteiger partial charge in [-0.3, -0.25) is 0 Å². The van der Waals surface area contributed by atoms with Gasteiger partial charge in [0, 0.05) is 19.8 Å². The Bertz CT molecular complexity index is 311. The first kappa shape index (κ1) is 15.1. The first-order valence-corrected chi connectivity index (χ1v) is 6.52. The topological polar surface area (TPSA) is 58.4 Å². The number of hydrogen-bond acceptors (Lipinski definition) is 5. The van der Waals surface area contributed by atoms with E-state index in [2.05, 4.69) is 17.2 Å². The highest BCUT2D eigenvalue weighted by Gasteiger charge is 2.15. The molecule has 0 aliphatic rings. The lowest BCUT2D eigenvalue weighted by molar-refractivity contribution is -0.142. The standard InChI is InChI=1S/C12H23N3O3/c1-4-8-16-9-7-15-10-11(13-14-15)12(17-5-2)18-6-3/h10,12H,4-9H2,1-3H3. The molecule has 6 nitrogen and oxygen atoms in total. The lowest BCUT2D eigenvalue weighted by atomic mass is 10.4. The number of ether oxygens (including phenoxy) is 3. The molecule has 0 unspecified atom stereocenters. The highest BCUT2D eigenvalue weighted by atomic mass is 16.7. The molecule has 0 aliphatic heterocycles. The Hall–Kier alpha value is -0.980. The molecular formula is C12H23N3O3. The highest BCUT2D eigenvalue weighted by molar-refractivity contribution is 4.94. The summed E-state index contributed by atoms with van der Waals surface area (Å²) in [5, 5.41) is 8.09. The second-order valence-corrected chi connectivity index (χ2v) is 3.76. The van der Waals surface area contributed by atoms with E-state index in [0.717, 1.165) is 13.0 Å². The molecule has 0 saturated heterocycles. The van der Waals surface area contributed by atoms with Gasteiger partial charge in [0.25, 0.3) is 0 Å². The van der Waals surface area contributed by atoms with E-state index in [1.165, 1.54) is 0 Å². The van der Waals surface area contributed by atoms with Crippen molar-refractivity contribution in [1.29, 1.82) is 0 Å². The summed E-state index contributed by atoms with van der Waals surface area (Å²) in [5.41, 5.74) is 0.703. The Labute approximate surface area is 108 Å². The van der Waals surface area contributed by atoms with E-state index in [1.54, 1.807) is 4.68 Å². The van der Waals surface area contributed by atoms with E-state index in [4.69, 9.17) is 14.2 Å². The van der Waals surface area contributed by atoms with Gasteiger partial charge in [0.05, 0.1) is 19.3 Å². The first-order chi connectivity index (χ1) is 8.81. The Morgan fingerprint density at radius 1 is 1.17 bits per heavy atom. The molecule has 0 aliphatic carbocycles. The number of aromatic nitrogens is 3. The van der Waals surface area contributed by atoms with Crippen molar-refractivity contribution in [2.75, 3.05) is 26.4 Å². The molecular weight excluding hydrogens is 234 g/mol. The monoisotopic (exact) mass is 257 g/mol. The van der Waals surface area contributed by atoms with Gasteiger partial charge in [-0.05, 0) is 20.3 Å². The summed E-state index contributed by atoms with van der Waals surface area (Å²) >= 11 is 0. The molecule has 0 saturated carbocycles. The minimum absolute atomic E-state index is 0.426. The van der Waals surface area contributed by atoms with Crippen LogP contribution in [-0.4, -0.2) is 41.4 Å². The molecule has 104 valence electrons. The van der Waals surface area contributed by atoms with Gasteiger partial charge in [-0.25, -0.2) is 4.68 Å². The number of nitrogens with zero attached hydrogens (tertiary/aromatic N) is 3. The Morgan fingerprint density at radius 3 is 2.50 bits per heavy atom. The van der Waals surface area contributed by atoms with Gasteiger partial charge < -0.3 is 14.2 Å². The third-order valence-corrected chi connectivity index (χ3v) is 2.25. The molecule has 1 rings (SSSR count). The van der Waals surface area contributed by atoms with E-state index in [1.807, 2.05) is 20.0 Å². The van der Waals surface area contributed by atoms with Crippen molar-refractivity contribution in [1.82, 2.24) is 15.0 Å². The molecule has 18 heavy (non-hydrogen) atoms. The molecule has 0 N–H and O–H groups in total. The predicted molar refractivity (Wildman–Crippen MR) is 67.1 cm³/mol. The largest absolute Gasteiger partial charge is 0.380 e. The fraction of sp³-hybridized carbons (Fsp3) is 0.833. The summed E-state index contributed by atoms with van der Waals surface area (Å²) in [4.78, 5) is 0. The molecule has 0 amide bonds. The van der Waals surface area contributed by atoms with Crippen LogP contribution in [0.5, 0.6) is 0 Å². The van der Waals surface area contributed by atoms with Crippen LogP contribution < -0.4 is 0 Å². The van der Waals surface area contributed by atoms with Gasteiger partial charge in [-0.1, -0.05) is 12.1 Å². The summed E-state index contributed by atoms with van der Waals surface area (Å²) in [7, 11) is 0. The van der Waals surface area contributed by atoms with Crippen molar-refractivity contribution in [3.8, 4) is 0 Å². The first-order valence-electron chi connectivity index (χ1n) is 6.52. The normalized spacial score (nSPS) is 11.3. The van der Waals surface area contributed by atoms with Crippen LogP contribution in [0.3, 0.4) is 0 Å². The Kier molecular flexibility index (Phi) is 7.55. The molecule has 0 bridgehead atoms. The molecule has 0 spiro atoms. The zero-order chi connectivity index (χ0) is 13.2. The summed E-state index contributed by atoms with van der Waals surface area (Å²) in [6.07, 6.45) is 2.44. The molecule has 0 fully saturated rings.